The maximum atomic E-state index is 13.6. The number of hydrogen-bond donors (Lipinski definition) is 1. The third kappa shape index (κ3) is 4.45. The summed E-state index contributed by atoms with van der Waals surface area (Å²) in [5, 5.41) is 11.5. The highest BCUT2D eigenvalue weighted by atomic mass is 35.5. The summed E-state index contributed by atoms with van der Waals surface area (Å²) < 4.78 is 18.8. The van der Waals surface area contributed by atoms with E-state index < -0.39 is 11.7 Å². The minimum Gasteiger partial charge on any atom is -0.374 e. The second-order valence-corrected chi connectivity index (χ2v) is 5.53. The molecule has 0 unspecified atom stereocenters. The van der Waals surface area contributed by atoms with Gasteiger partial charge in [-0.25, -0.2) is 4.39 Å². The number of halogens is 2. The lowest BCUT2D eigenvalue weighted by molar-refractivity contribution is -0.115. The Bertz CT molecular complexity index is 615. The largest absolute Gasteiger partial charge is 0.374 e. The number of nitrogens with one attached hydrogen (secondary N) is 1. The number of hydrogen-bond acceptors (Lipinski definition) is 5. The molecule has 1 aromatic carbocycles. The minimum absolute atomic E-state index is 0.161. The molecule has 1 N–H and O–H groups in total. The van der Waals surface area contributed by atoms with Gasteiger partial charge in [0.25, 0.3) is 0 Å². The van der Waals surface area contributed by atoms with Gasteiger partial charge in [-0.05, 0) is 19.1 Å². The average molecular weight is 330 g/mol. The number of anilines is 1. The molecule has 8 heteroatoms. The highest BCUT2D eigenvalue weighted by Crippen LogP contribution is 2.21. The molecule has 0 saturated carbocycles. The first-order valence-corrected chi connectivity index (χ1v) is 7.42. The lowest BCUT2D eigenvalue weighted by atomic mass is 10.1. The van der Waals surface area contributed by atoms with Crippen LogP contribution in [-0.4, -0.2) is 22.7 Å². The monoisotopic (exact) mass is 329 g/mol. The molecule has 0 atom stereocenters. The molecule has 0 radical (unpaired) electrons. The van der Waals surface area contributed by atoms with Gasteiger partial charge in [0.1, 0.15) is 17.4 Å². The van der Waals surface area contributed by atoms with Crippen LogP contribution in [0.15, 0.2) is 18.2 Å². The molecular formula is C13H13ClFN3O2S. The van der Waals surface area contributed by atoms with E-state index in [-0.39, 0.29) is 17.0 Å². The lowest BCUT2D eigenvalue weighted by Crippen LogP contribution is -2.15. The van der Waals surface area contributed by atoms with E-state index in [0.29, 0.717) is 23.4 Å². The maximum absolute atomic E-state index is 13.6. The van der Waals surface area contributed by atoms with Gasteiger partial charge in [-0.3, -0.25) is 4.79 Å². The van der Waals surface area contributed by atoms with Crippen LogP contribution in [0.25, 0.3) is 0 Å². The molecule has 0 saturated heterocycles. The third-order valence-corrected chi connectivity index (χ3v) is 3.71. The van der Waals surface area contributed by atoms with Crippen LogP contribution in [0.1, 0.15) is 17.5 Å². The fourth-order valence-electron chi connectivity index (χ4n) is 1.58. The molecule has 2 aromatic rings. The van der Waals surface area contributed by atoms with Crippen molar-refractivity contribution in [2.24, 2.45) is 0 Å². The van der Waals surface area contributed by atoms with Crippen LogP contribution in [0, 0.1) is 5.82 Å². The smallest absolute Gasteiger partial charge is 0.230 e. The molecule has 1 aromatic heterocycles. The van der Waals surface area contributed by atoms with E-state index in [2.05, 4.69) is 15.5 Å². The van der Waals surface area contributed by atoms with Crippen molar-refractivity contribution < 1.29 is 13.9 Å². The van der Waals surface area contributed by atoms with E-state index in [1.807, 2.05) is 6.92 Å². The molecule has 1 heterocycles. The van der Waals surface area contributed by atoms with Gasteiger partial charge in [0.15, 0.2) is 0 Å². The number of carbonyl (C=O) groups is 1. The van der Waals surface area contributed by atoms with Crippen molar-refractivity contribution in [1.82, 2.24) is 10.2 Å². The molecule has 0 spiro atoms. The van der Waals surface area contributed by atoms with Gasteiger partial charge in [-0.15, -0.1) is 10.2 Å². The van der Waals surface area contributed by atoms with Crippen molar-refractivity contribution in [3.63, 3.8) is 0 Å². The van der Waals surface area contributed by atoms with E-state index in [0.717, 1.165) is 0 Å². The van der Waals surface area contributed by atoms with E-state index >= 15 is 0 Å². The number of rotatable bonds is 6. The number of benzene rings is 1. The molecule has 5 nitrogen and oxygen atoms in total. The van der Waals surface area contributed by atoms with E-state index in [1.54, 1.807) is 6.07 Å². The molecule has 0 fully saturated rings. The summed E-state index contributed by atoms with van der Waals surface area (Å²) in [7, 11) is 0. The van der Waals surface area contributed by atoms with Crippen molar-refractivity contribution in [2.75, 3.05) is 11.9 Å². The summed E-state index contributed by atoms with van der Waals surface area (Å²) >= 11 is 7.09. The van der Waals surface area contributed by atoms with Crippen LogP contribution in [0.3, 0.4) is 0 Å². The number of carbonyl (C=O) groups excluding carboxylic acids is 1. The van der Waals surface area contributed by atoms with Gasteiger partial charge < -0.3 is 10.1 Å². The van der Waals surface area contributed by atoms with Crippen molar-refractivity contribution in [3.05, 3.63) is 39.6 Å². The maximum Gasteiger partial charge on any atom is 0.230 e. The molecule has 0 aliphatic heterocycles. The number of ether oxygens (including phenoxy) is 1. The Kier molecular flexibility index (Phi) is 5.60. The van der Waals surface area contributed by atoms with Crippen molar-refractivity contribution in [1.29, 1.82) is 0 Å². The minimum atomic E-state index is -0.507. The molecule has 2 rings (SSSR count). The van der Waals surface area contributed by atoms with Crippen LogP contribution in [0.5, 0.6) is 0 Å². The Morgan fingerprint density at radius 2 is 2.29 bits per heavy atom. The fraction of sp³-hybridized carbons (Fsp3) is 0.308. The summed E-state index contributed by atoms with van der Waals surface area (Å²) in [4.78, 5) is 11.9. The fourth-order valence-corrected chi connectivity index (χ4v) is 2.50. The van der Waals surface area contributed by atoms with Crippen LogP contribution >= 0.6 is 22.9 Å². The van der Waals surface area contributed by atoms with E-state index in [9.17, 15) is 9.18 Å². The topological polar surface area (TPSA) is 64.1 Å². The van der Waals surface area contributed by atoms with Gasteiger partial charge in [-0.1, -0.05) is 29.0 Å². The zero-order valence-electron chi connectivity index (χ0n) is 11.2. The third-order valence-electron chi connectivity index (χ3n) is 2.54. The highest BCUT2D eigenvalue weighted by Gasteiger charge is 2.14. The lowest BCUT2D eigenvalue weighted by Gasteiger charge is -2.05. The summed E-state index contributed by atoms with van der Waals surface area (Å²) in [5.41, 5.74) is 0.163. The SMILES string of the molecule is CCOCc1nnc(NC(=O)Cc2c(F)cccc2Cl)s1. The Balaban J connectivity index is 1.97. The normalized spacial score (nSPS) is 10.6. The van der Waals surface area contributed by atoms with Crippen LogP contribution in [-0.2, 0) is 22.6 Å². The number of aromatic nitrogens is 2. The standard InChI is InChI=1S/C13H13ClFN3O2S/c1-2-20-7-12-17-18-13(21-12)16-11(19)6-8-9(14)4-3-5-10(8)15/h3-5H,2,6-7H2,1H3,(H,16,18,19). The second-order valence-electron chi connectivity index (χ2n) is 4.06. The second kappa shape index (κ2) is 7.44. The molecule has 1 amide bonds. The summed E-state index contributed by atoms with van der Waals surface area (Å²) in [6, 6.07) is 4.29. The first-order chi connectivity index (χ1) is 10.1. The average Bonchev–Trinajstić information content (AvgIpc) is 2.88. The molecular weight excluding hydrogens is 317 g/mol. The van der Waals surface area contributed by atoms with E-state index in [4.69, 9.17) is 16.3 Å². The Morgan fingerprint density at radius 1 is 1.48 bits per heavy atom. The van der Waals surface area contributed by atoms with Crippen LogP contribution < -0.4 is 5.32 Å². The van der Waals surface area contributed by atoms with Gasteiger partial charge in [0.2, 0.25) is 11.0 Å². The Morgan fingerprint density at radius 3 is 3.00 bits per heavy atom. The number of nitrogens with zero attached hydrogens (tertiary/aromatic N) is 2. The first kappa shape index (κ1) is 15.8. The van der Waals surface area contributed by atoms with Crippen molar-refractivity contribution in [2.45, 2.75) is 20.0 Å². The van der Waals surface area contributed by atoms with Crippen LogP contribution in [0.2, 0.25) is 5.02 Å². The molecule has 21 heavy (non-hydrogen) atoms. The molecule has 112 valence electrons. The molecule has 0 aliphatic rings. The molecule has 0 bridgehead atoms. The Labute approximate surface area is 130 Å². The predicted molar refractivity (Wildman–Crippen MR) is 79.0 cm³/mol. The zero-order valence-corrected chi connectivity index (χ0v) is 12.8. The number of amides is 1. The zero-order chi connectivity index (χ0) is 15.2. The first-order valence-electron chi connectivity index (χ1n) is 6.23. The van der Waals surface area contributed by atoms with Gasteiger partial charge >= 0.3 is 0 Å². The predicted octanol–water partition coefficient (Wildman–Crippen LogP) is 3.05. The van der Waals surface area contributed by atoms with Gasteiger partial charge in [-0.2, -0.15) is 0 Å². The van der Waals surface area contributed by atoms with Gasteiger partial charge in [0, 0.05) is 17.2 Å². The molecule has 0 aliphatic carbocycles. The Hall–Kier alpha value is -1.57. The highest BCUT2D eigenvalue weighted by molar-refractivity contribution is 7.15. The summed E-state index contributed by atoms with van der Waals surface area (Å²) in [6.45, 7) is 2.80. The quantitative estimate of drug-likeness (QED) is 0.884. The summed E-state index contributed by atoms with van der Waals surface area (Å²) in [5.74, 6) is -0.909. The van der Waals surface area contributed by atoms with Gasteiger partial charge in [0.05, 0.1) is 6.42 Å². The summed E-state index contributed by atoms with van der Waals surface area (Å²) in [6.07, 6.45) is -0.161. The van der Waals surface area contributed by atoms with E-state index in [1.165, 1.54) is 23.5 Å². The van der Waals surface area contributed by atoms with Crippen LogP contribution in [0.4, 0.5) is 9.52 Å². The van der Waals surface area contributed by atoms with Crippen molar-refractivity contribution in [3.8, 4) is 0 Å². The van der Waals surface area contributed by atoms with Crippen molar-refractivity contribution >= 4 is 34.0 Å².